The van der Waals surface area contributed by atoms with Crippen molar-refractivity contribution in [3.05, 3.63) is 88.2 Å². The van der Waals surface area contributed by atoms with Gasteiger partial charge in [-0.3, -0.25) is 4.57 Å². The fourth-order valence-corrected chi connectivity index (χ4v) is 4.77. The van der Waals surface area contributed by atoms with Crippen LogP contribution >= 0.6 is 0 Å². The lowest BCUT2D eigenvalue weighted by atomic mass is 9.97. The molecule has 0 atom stereocenters. The van der Waals surface area contributed by atoms with Gasteiger partial charge in [0, 0.05) is 17.3 Å². The Morgan fingerprint density at radius 3 is 2.49 bits per heavy atom. The SMILES string of the molecule is CC(C)c1ccccc1-c1ncc2[nH]c(=O)n(Cc3ccc(-c4nc(C(F)(F)F)cn4C4COC4)cc3)c2n1. The second-order valence-corrected chi connectivity index (χ2v) is 9.93. The monoisotopic (exact) mass is 534 g/mol. The van der Waals surface area contributed by atoms with Gasteiger partial charge in [-0.1, -0.05) is 62.4 Å². The summed E-state index contributed by atoms with van der Waals surface area (Å²) in [5.41, 5.74) is 3.08. The van der Waals surface area contributed by atoms with E-state index in [1.165, 1.54) is 9.13 Å². The molecule has 1 aliphatic rings. The highest BCUT2D eigenvalue weighted by atomic mass is 19.4. The van der Waals surface area contributed by atoms with Gasteiger partial charge in [0.05, 0.1) is 32.0 Å². The molecule has 2 aromatic carbocycles. The molecule has 11 heteroatoms. The standard InChI is InChI=1S/C28H25F3N6O2/c1-16(2)20-5-3-4-6-21(20)24-32-11-22-26(35-24)37(27(38)33-22)12-17-7-9-18(10-8-17)25-34-23(28(29,30)31)13-36(25)19-14-39-15-19/h3-11,13,16,19H,12,14-15H2,1-2H3,(H,33,38). The van der Waals surface area contributed by atoms with E-state index in [4.69, 9.17) is 9.72 Å². The summed E-state index contributed by atoms with van der Waals surface area (Å²) in [6, 6.07) is 14.7. The summed E-state index contributed by atoms with van der Waals surface area (Å²) >= 11 is 0. The number of hydrogen-bond acceptors (Lipinski definition) is 5. The van der Waals surface area contributed by atoms with E-state index in [2.05, 4.69) is 28.8 Å². The van der Waals surface area contributed by atoms with E-state index < -0.39 is 11.9 Å². The van der Waals surface area contributed by atoms with E-state index >= 15 is 0 Å². The molecule has 3 aromatic heterocycles. The van der Waals surface area contributed by atoms with Gasteiger partial charge >= 0.3 is 11.9 Å². The third-order valence-electron chi connectivity index (χ3n) is 6.92. The van der Waals surface area contributed by atoms with Crippen molar-refractivity contribution in [2.75, 3.05) is 13.2 Å². The topological polar surface area (TPSA) is 90.6 Å². The molecule has 8 nitrogen and oxygen atoms in total. The summed E-state index contributed by atoms with van der Waals surface area (Å²) in [7, 11) is 0. The Labute approximate surface area is 221 Å². The zero-order valence-corrected chi connectivity index (χ0v) is 21.2. The molecule has 39 heavy (non-hydrogen) atoms. The first-order valence-electron chi connectivity index (χ1n) is 12.6. The molecule has 0 amide bonds. The molecule has 1 fully saturated rings. The van der Waals surface area contributed by atoms with Crippen molar-refractivity contribution < 1.29 is 17.9 Å². The lowest BCUT2D eigenvalue weighted by molar-refractivity contribution is -0.141. The van der Waals surface area contributed by atoms with E-state index in [1.54, 1.807) is 30.5 Å². The molecule has 0 saturated carbocycles. The highest BCUT2D eigenvalue weighted by molar-refractivity contribution is 5.74. The first-order valence-corrected chi connectivity index (χ1v) is 12.6. The van der Waals surface area contributed by atoms with Crippen molar-refractivity contribution >= 4 is 11.2 Å². The maximum absolute atomic E-state index is 13.4. The molecule has 0 radical (unpaired) electrons. The summed E-state index contributed by atoms with van der Waals surface area (Å²) in [5, 5.41) is 0. The predicted molar refractivity (Wildman–Crippen MR) is 139 cm³/mol. The molecule has 0 bridgehead atoms. The molecule has 5 aromatic rings. The molecular formula is C28H25F3N6O2. The minimum absolute atomic E-state index is 0.192. The molecule has 1 aliphatic heterocycles. The van der Waals surface area contributed by atoms with E-state index in [1.807, 2.05) is 24.3 Å². The number of imidazole rings is 2. The van der Waals surface area contributed by atoms with E-state index in [9.17, 15) is 18.0 Å². The van der Waals surface area contributed by atoms with Crippen LogP contribution in [0.5, 0.6) is 0 Å². The number of ether oxygens (including phenoxy) is 1. The Morgan fingerprint density at radius 2 is 1.82 bits per heavy atom. The number of alkyl halides is 3. The van der Waals surface area contributed by atoms with Gasteiger partial charge in [0.1, 0.15) is 11.3 Å². The maximum Gasteiger partial charge on any atom is 0.434 e. The Balaban J connectivity index is 1.33. The fourth-order valence-electron chi connectivity index (χ4n) is 4.77. The number of aromatic amines is 1. The van der Waals surface area contributed by atoms with Crippen LogP contribution < -0.4 is 5.69 Å². The van der Waals surface area contributed by atoms with Crippen LogP contribution in [-0.4, -0.2) is 42.3 Å². The number of aromatic nitrogens is 6. The van der Waals surface area contributed by atoms with Crippen LogP contribution in [0.15, 0.2) is 65.7 Å². The normalized spacial score (nSPS) is 14.3. The highest BCUT2D eigenvalue weighted by Gasteiger charge is 2.36. The minimum Gasteiger partial charge on any atom is -0.377 e. The minimum atomic E-state index is -4.54. The van der Waals surface area contributed by atoms with E-state index in [0.29, 0.717) is 35.8 Å². The van der Waals surface area contributed by atoms with Crippen molar-refractivity contribution in [2.24, 2.45) is 0 Å². The van der Waals surface area contributed by atoms with Crippen molar-refractivity contribution in [3.8, 4) is 22.8 Å². The Morgan fingerprint density at radius 1 is 1.08 bits per heavy atom. The molecule has 0 unspecified atom stereocenters. The first-order chi connectivity index (χ1) is 18.7. The largest absolute Gasteiger partial charge is 0.434 e. The molecule has 1 N–H and O–H groups in total. The summed E-state index contributed by atoms with van der Waals surface area (Å²) in [6.45, 7) is 5.11. The number of H-pyrrole nitrogens is 1. The van der Waals surface area contributed by atoms with Gasteiger partial charge in [0.15, 0.2) is 17.2 Å². The second-order valence-electron chi connectivity index (χ2n) is 9.93. The van der Waals surface area contributed by atoms with Crippen molar-refractivity contribution in [1.29, 1.82) is 0 Å². The number of nitrogens with one attached hydrogen (secondary N) is 1. The summed E-state index contributed by atoms with van der Waals surface area (Å²) in [4.78, 5) is 28.7. The smallest absolute Gasteiger partial charge is 0.377 e. The second kappa shape index (κ2) is 9.49. The molecule has 1 saturated heterocycles. The molecule has 0 aliphatic carbocycles. The number of fused-ring (bicyclic) bond motifs is 1. The average Bonchev–Trinajstić information content (AvgIpc) is 3.45. The summed E-state index contributed by atoms with van der Waals surface area (Å²) < 4.78 is 48.3. The Hall–Kier alpha value is -4.25. The van der Waals surface area contributed by atoms with Gasteiger partial charge in [-0.05, 0) is 17.0 Å². The highest BCUT2D eigenvalue weighted by Crippen LogP contribution is 2.34. The number of rotatable bonds is 6. The van der Waals surface area contributed by atoms with E-state index in [0.717, 1.165) is 22.9 Å². The lowest BCUT2D eigenvalue weighted by Crippen LogP contribution is -2.30. The summed E-state index contributed by atoms with van der Waals surface area (Å²) in [6.07, 6.45) is -1.90. The fraction of sp³-hybridized carbons (Fsp3) is 0.286. The van der Waals surface area contributed by atoms with Gasteiger partial charge in [-0.25, -0.2) is 19.7 Å². The first kappa shape index (κ1) is 25.1. The number of hydrogen-bond donors (Lipinski definition) is 1. The molecule has 200 valence electrons. The van der Waals surface area contributed by atoms with Gasteiger partial charge in [-0.15, -0.1) is 0 Å². The maximum atomic E-state index is 13.4. The third kappa shape index (κ3) is 4.63. The van der Waals surface area contributed by atoms with Crippen molar-refractivity contribution in [3.63, 3.8) is 0 Å². The van der Waals surface area contributed by atoms with Crippen molar-refractivity contribution in [2.45, 2.75) is 38.5 Å². The zero-order valence-electron chi connectivity index (χ0n) is 21.2. The van der Waals surface area contributed by atoms with E-state index in [-0.39, 0.29) is 30.0 Å². The van der Waals surface area contributed by atoms with Gasteiger partial charge < -0.3 is 14.3 Å². The number of halogens is 3. The molecule has 4 heterocycles. The molecular weight excluding hydrogens is 509 g/mol. The van der Waals surface area contributed by atoms with Crippen LogP contribution in [0.2, 0.25) is 0 Å². The number of benzene rings is 2. The van der Waals surface area contributed by atoms with Crippen LogP contribution in [0.1, 0.15) is 42.6 Å². The van der Waals surface area contributed by atoms with Crippen molar-refractivity contribution in [1.82, 2.24) is 29.1 Å². The number of nitrogens with zero attached hydrogens (tertiary/aromatic N) is 5. The quantitative estimate of drug-likeness (QED) is 0.315. The Bertz CT molecular complexity index is 1710. The Kier molecular flexibility index (Phi) is 6.10. The average molecular weight is 535 g/mol. The van der Waals surface area contributed by atoms with Gasteiger partial charge in [0.25, 0.3) is 0 Å². The molecule has 6 rings (SSSR count). The van der Waals surface area contributed by atoms with Crippen LogP contribution in [-0.2, 0) is 17.5 Å². The van der Waals surface area contributed by atoms with Crippen LogP contribution in [0.25, 0.3) is 33.9 Å². The zero-order chi connectivity index (χ0) is 27.3. The lowest BCUT2D eigenvalue weighted by Gasteiger charge is -2.28. The molecule has 0 spiro atoms. The summed E-state index contributed by atoms with van der Waals surface area (Å²) in [5.74, 6) is 1.03. The van der Waals surface area contributed by atoms with Crippen LogP contribution in [0.4, 0.5) is 13.2 Å². The van der Waals surface area contributed by atoms with Crippen LogP contribution in [0, 0.1) is 0 Å². The van der Waals surface area contributed by atoms with Crippen LogP contribution in [0.3, 0.4) is 0 Å². The third-order valence-corrected chi connectivity index (χ3v) is 6.92. The predicted octanol–water partition coefficient (Wildman–Crippen LogP) is 5.41. The van der Waals surface area contributed by atoms with Gasteiger partial charge in [-0.2, -0.15) is 13.2 Å². The van der Waals surface area contributed by atoms with Gasteiger partial charge in [0.2, 0.25) is 0 Å².